The average Bonchev–Trinajstić information content (AvgIpc) is 3.06. The number of fused-ring (bicyclic) bond motifs is 4. The Bertz CT molecular complexity index is 1180. The fourth-order valence-corrected chi connectivity index (χ4v) is 4.83. The van der Waals surface area contributed by atoms with E-state index in [-0.39, 0.29) is 32.0 Å². The van der Waals surface area contributed by atoms with Crippen molar-refractivity contribution < 1.29 is 24.5 Å². The van der Waals surface area contributed by atoms with Crippen LogP contribution < -0.4 is 4.74 Å². The van der Waals surface area contributed by atoms with Gasteiger partial charge in [-0.3, -0.25) is 4.79 Å². The van der Waals surface area contributed by atoms with Crippen molar-refractivity contribution in [2.45, 2.75) is 38.3 Å². The highest BCUT2D eigenvalue weighted by atomic mass is 79.9. The summed E-state index contributed by atoms with van der Waals surface area (Å²) in [6, 6.07) is 11.1. The molecule has 0 fully saturated rings. The van der Waals surface area contributed by atoms with Crippen LogP contribution in [0.2, 0.25) is 0 Å². The van der Waals surface area contributed by atoms with Crippen LogP contribution in [-0.4, -0.2) is 46.2 Å². The lowest BCUT2D eigenvalue weighted by Crippen LogP contribution is -2.32. The Morgan fingerprint density at radius 2 is 2.00 bits per heavy atom. The summed E-state index contributed by atoms with van der Waals surface area (Å²) in [6.45, 7) is 4.17. The summed E-state index contributed by atoms with van der Waals surface area (Å²) in [5.41, 5.74) is 3.14. The van der Waals surface area contributed by atoms with E-state index in [2.05, 4.69) is 15.9 Å². The summed E-state index contributed by atoms with van der Waals surface area (Å²) >= 11 is 3.49. The van der Waals surface area contributed by atoms with E-state index in [9.17, 15) is 14.7 Å². The highest BCUT2D eigenvalue weighted by Gasteiger charge is 2.41. The molecule has 0 saturated carbocycles. The Balaban J connectivity index is 1.86. The first-order valence-electron chi connectivity index (χ1n) is 10.2. The molecule has 0 amide bonds. The summed E-state index contributed by atoms with van der Waals surface area (Å²) in [7, 11) is 0. The predicted molar refractivity (Wildman–Crippen MR) is 121 cm³/mol. The molecule has 162 valence electrons. The van der Waals surface area contributed by atoms with Crippen molar-refractivity contribution in [3.8, 4) is 5.75 Å². The highest BCUT2D eigenvalue weighted by Crippen LogP contribution is 2.46. The molecular weight excluding hydrogens is 462 g/mol. The molecule has 6 nitrogen and oxygen atoms in total. The second-order valence-corrected chi connectivity index (χ2v) is 9.22. The van der Waals surface area contributed by atoms with Crippen molar-refractivity contribution in [3.63, 3.8) is 0 Å². The van der Waals surface area contributed by atoms with Gasteiger partial charge in [0.1, 0.15) is 18.6 Å². The van der Waals surface area contributed by atoms with Gasteiger partial charge in [0.2, 0.25) is 0 Å². The van der Waals surface area contributed by atoms with Crippen LogP contribution in [0.25, 0.3) is 10.9 Å². The fraction of sp³-hybridized carbons (Fsp3) is 0.333. The normalized spacial score (nSPS) is 15.5. The van der Waals surface area contributed by atoms with Crippen LogP contribution >= 0.6 is 15.9 Å². The molecule has 1 aromatic heterocycles. The largest absolute Gasteiger partial charge is 0.491 e. The van der Waals surface area contributed by atoms with E-state index in [1.165, 1.54) is 0 Å². The molecule has 3 aromatic rings. The number of nitrogens with zero attached hydrogens (tertiary/aromatic N) is 1. The molecule has 0 saturated heterocycles. The number of rotatable bonds is 7. The molecule has 4 rings (SSSR count). The molecule has 1 aliphatic carbocycles. The molecule has 0 radical (unpaired) electrons. The van der Waals surface area contributed by atoms with Gasteiger partial charge >= 0.3 is 0 Å². The molecule has 0 unspecified atom stereocenters. The second kappa shape index (κ2) is 8.22. The quantitative estimate of drug-likeness (QED) is 0.499. The molecule has 0 bridgehead atoms. The minimum Gasteiger partial charge on any atom is -0.491 e. The molecule has 31 heavy (non-hydrogen) atoms. The third-order valence-electron chi connectivity index (χ3n) is 5.92. The number of ether oxygens (including phenoxy) is 1. The Labute approximate surface area is 188 Å². The van der Waals surface area contributed by atoms with Crippen LogP contribution in [0, 0.1) is 0 Å². The number of benzene rings is 2. The van der Waals surface area contributed by atoms with Gasteiger partial charge < -0.3 is 24.3 Å². The Kier molecular flexibility index (Phi) is 5.77. The van der Waals surface area contributed by atoms with E-state index in [4.69, 9.17) is 9.84 Å². The van der Waals surface area contributed by atoms with Gasteiger partial charge in [0, 0.05) is 33.1 Å². The number of aliphatic hydroxyl groups is 2. The molecule has 0 spiro atoms. The van der Waals surface area contributed by atoms with Crippen LogP contribution in [0.1, 0.15) is 47.4 Å². The SMILES string of the molecule is CC1(C)c2cc(OC[C@@H](O)CCO)ccc2C(=O)c2c1n(CC=O)c1cc(Br)ccc21. The maximum absolute atomic E-state index is 13.6. The fourth-order valence-electron chi connectivity index (χ4n) is 4.48. The third-order valence-corrected chi connectivity index (χ3v) is 6.41. The third kappa shape index (κ3) is 3.60. The number of ketones is 1. The summed E-state index contributed by atoms with van der Waals surface area (Å²) in [5.74, 6) is 0.467. The zero-order valence-electron chi connectivity index (χ0n) is 17.4. The number of hydrogen-bond donors (Lipinski definition) is 2. The lowest BCUT2D eigenvalue weighted by molar-refractivity contribution is -0.108. The topological polar surface area (TPSA) is 88.8 Å². The second-order valence-electron chi connectivity index (χ2n) is 8.30. The standard InChI is InChI=1S/C24H24BrNO5/c1-24(2)19-12-16(31-13-15(29)7-9-27)4-6-17(19)22(30)21-18-5-3-14(25)11-20(18)26(8-10-28)23(21)24/h3-6,10-12,15,27,29H,7-9,13H2,1-2H3/t15-/m0/s1. The molecule has 2 aromatic carbocycles. The number of aromatic nitrogens is 1. The minimum atomic E-state index is -0.768. The summed E-state index contributed by atoms with van der Waals surface area (Å²) in [4.78, 5) is 25.1. The zero-order chi connectivity index (χ0) is 22.3. The van der Waals surface area contributed by atoms with Gasteiger partial charge in [0.25, 0.3) is 0 Å². The van der Waals surface area contributed by atoms with Crippen LogP contribution in [0.4, 0.5) is 0 Å². The molecule has 1 aliphatic rings. The van der Waals surface area contributed by atoms with Gasteiger partial charge in [0.15, 0.2) is 5.78 Å². The number of carbonyl (C=O) groups is 2. The van der Waals surface area contributed by atoms with E-state index in [0.717, 1.165) is 32.9 Å². The highest BCUT2D eigenvalue weighted by molar-refractivity contribution is 9.10. The maximum atomic E-state index is 13.6. The summed E-state index contributed by atoms with van der Waals surface area (Å²) in [5, 5.41) is 19.6. The van der Waals surface area contributed by atoms with Crippen LogP contribution in [0.5, 0.6) is 5.75 Å². The zero-order valence-corrected chi connectivity index (χ0v) is 19.0. The monoisotopic (exact) mass is 485 g/mol. The number of halogens is 1. The van der Waals surface area contributed by atoms with E-state index in [1.807, 2.05) is 42.7 Å². The molecule has 2 N–H and O–H groups in total. The summed E-state index contributed by atoms with van der Waals surface area (Å²) < 4.78 is 8.51. The molecular formula is C24H24BrNO5. The van der Waals surface area contributed by atoms with E-state index < -0.39 is 11.5 Å². The van der Waals surface area contributed by atoms with Gasteiger partial charge in [-0.2, -0.15) is 0 Å². The first-order valence-corrected chi connectivity index (χ1v) is 11.0. The minimum absolute atomic E-state index is 0.0540. The molecule has 1 heterocycles. The van der Waals surface area contributed by atoms with Crippen LogP contribution in [0.3, 0.4) is 0 Å². The van der Waals surface area contributed by atoms with E-state index in [1.54, 1.807) is 12.1 Å². The van der Waals surface area contributed by atoms with Crippen molar-refractivity contribution in [1.82, 2.24) is 4.57 Å². The van der Waals surface area contributed by atoms with Gasteiger partial charge in [-0.05, 0) is 42.3 Å². The smallest absolute Gasteiger partial charge is 0.195 e. The lowest BCUT2D eigenvalue weighted by Gasteiger charge is -2.34. The van der Waals surface area contributed by atoms with Crippen molar-refractivity contribution in [1.29, 1.82) is 0 Å². The summed E-state index contributed by atoms with van der Waals surface area (Å²) in [6.07, 6.45) is 0.314. The maximum Gasteiger partial charge on any atom is 0.195 e. The van der Waals surface area contributed by atoms with E-state index >= 15 is 0 Å². The Morgan fingerprint density at radius 3 is 2.71 bits per heavy atom. The van der Waals surface area contributed by atoms with Crippen molar-refractivity contribution >= 4 is 38.9 Å². The Hall–Kier alpha value is -2.48. The first kappa shape index (κ1) is 21.7. The number of aliphatic hydroxyl groups excluding tert-OH is 2. The first-order chi connectivity index (χ1) is 14.8. The van der Waals surface area contributed by atoms with Crippen LogP contribution in [-0.2, 0) is 16.8 Å². The predicted octanol–water partition coefficient (Wildman–Crippen LogP) is 3.60. The molecule has 7 heteroatoms. The van der Waals surface area contributed by atoms with E-state index in [0.29, 0.717) is 16.9 Å². The van der Waals surface area contributed by atoms with Crippen molar-refractivity contribution in [2.24, 2.45) is 0 Å². The van der Waals surface area contributed by atoms with Crippen LogP contribution in [0.15, 0.2) is 40.9 Å². The van der Waals surface area contributed by atoms with Gasteiger partial charge in [0.05, 0.1) is 23.7 Å². The van der Waals surface area contributed by atoms with Gasteiger partial charge in [-0.1, -0.05) is 35.8 Å². The molecule has 0 aliphatic heterocycles. The van der Waals surface area contributed by atoms with Gasteiger partial charge in [-0.15, -0.1) is 0 Å². The lowest BCUT2D eigenvalue weighted by atomic mass is 9.71. The van der Waals surface area contributed by atoms with Crippen molar-refractivity contribution in [3.05, 3.63) is 63.3 Å². The van der Waals surface area contributed by atoms with Gasteiger partial charge in [-0.25, -0.2) is 0 Å². The van der Waals surface area contributed by atoms with Crippen molar-refractivity contribution in [2.75, 3.05) is 13.2 Å². The Morgan fingerprint density at radius 1 is 1.23 bits per heavy atom. The number of hydrogen-bond acceptors (Lipinski definition) is 5. The number of aldehydes is 1. The number of carbonyl (C=O) groups excluding carboxylic acids is 2. The average molecular weight is 486 g/mol. The molecule has 1 atom stereocenters.